The van der Waals surface area contributed by atoms with Crippen molar-refractivity contribution in [3.63, 3.8) is 0 Å². The van der Waals surface area contributed by atoms with Crippen LogP contribution in [0.5, 0.6) is 11.5 Å². The molecule has 0 spiro atoms. The van der Waals surface area contributed by atoms with Gasteiger partial charge in [-0.25, -0.2) is 0 Å². The predicted octanol–water partition coefficient (Wildman–Crippen LogP) is 4.98. The smallest absolute Gasteiger partial charge is 0.265 e. The lowest BCUT2D eigenvalue weighted by Gasteiger charge is -2.11. The summed E-state index contributed by atoms with van der Waals surface area (Å²) in [5.41, 5.74) is 3.25. The monoisotopic (exact) mass is 413 g/mol. The molecular formula is C22H23NO3S2. The van der Waals surface area contributed by atoms with Crippen LogP contribution in [0.2, 0.25) is 0 Å². The molecule has 1 saturated heterocycles. The molecule has 3 rings (SSSR count). The van der Waals surface area contributed by atoms with Gasteiger partial charge in [0.15, 0.2) is 0 Å². The number of hydrogen-bond acceptors (Lipinski definition) is 5. The van der Waals surface area contributed by atoms with Crippen LogP contribution in [0, 0.1) is 13.8 Å². The van der Waals surface area contributed by atoms with Crippen molar-refractivity contribution < 1.29 is 14.3 Å². The minimum absolute atomic E-state index is 0.0772. The summed E-state index contributed by atoms with van der Waals surface area (Å²) in [6, 6.07) is 13.9. The van der Waals surface area contributed by atoms with Gasteiger partial charge in [0.2, 0.25) is 0 Å². The van der Waals surface area contributed by atoms with Crippen LogP contribution < -0.4 is 9.47 Å². The van der Waals surface area contributed by atoms with Crippen LogP contribution >= 0.6 is 24.0 Å². The maximum absolute atomic E-state index is 12.2. The molecule has 0 radical (unpaired) electrons. The number of ether oxygens (including phenoxy) is 2. The minimum Gasteiger partial charge on any atom is -0.493 e. The van der Waals surface area contributed by atoms with Crippen LogP contribution in [0.1, 0.15) is 23.1 Å². The maximum atomic E-state index is 12.2. The van der Waals surface area contributed by atoms with Crippen LogP contribution in [0.15, 0.2) is 47.4 Å². The highest BCUT2D eigenvalue weighted by Gasteiger charge is 2.28. The van der Waals surface area contributed by atoms with Crippen LogP contribution in [0.4, 0.5) is 0 Å². The topological polar surface area (TPSA) is 38.8 Å². The fourth-order valence-electron chi connectivity index (χ4n) is 2.87. The number of hydrogen-bond donors (Lipinski definition) is 0. The number of thioether (sulfide) groups is 1. The third-order valence-electron chi connectivity index (χ3n) is 4.20. The Balaban J connectivity index is 1.55. The molecule has 1 fully saturated rings. The van der Waals surface area contributed by atoms with Gasteiger partial charge in [0.05, 0.1) is 18.1 Å². The Labute approximate surface area is 175 Å². The number of carbonyl (C=O) groups excluding carboxylic acids is 1. The first kappa shape index (κ1) is 20.4. The lowest BCUT2D eigenvalue weighted by molar-refractivity contribution is -0.121. The van der Waals surface area contributed by atoms with Gasteiger partial charge < -0.3 is 9.47 Å². The summed E-state index contributed by atoms with van der Waals surface area (Å²) in [5, 5.41) is 0. The lowest BCUT2D eigenvalue weighted by Crippen LogP contribution is -2.22. The molecule has 2 aromatic rings. The molecular weight excluding hydrogens is 390 g/mol. The Morgan fingerprint density at radius 3 is 2.43 bits per heavy atom. The van der Waals surface area contributed by atoms with Crippen molar-refractivity contribution >= 4 is 40.3 Å². The summed E-state index contributed by atoms with van der Waals surface area (Å²) in [4.78, 5) is 14.3. The molecule has 0 unspecified atom stereocenters. The Kier molecular flexibility index (Phi) is 6.75. The molecule has 2 aromatic carbocycles. The lowest BCUT2D eigenvalue weighted by atomic mass is 10.1. The first-order chi connectivity index (χ1) is 13.4. The van der Waals surface area contributed by atoms with Gasteiger partial charge in [0.1, 0.15) is 15.8 Å². The van der Waals surface area contributed by atoms with Crippen molar-refractivity contribution in [2.24, 2.45) is 0 Å². The van der Waals surface area contributed by atoms with Crippen molar-refractivity contribution in [2.75, 3.05) is 20.3 Å². The Hall–Kier alpha value is -2.31. The SMILES string of the molecule is Cc1cc(C)cc(OCCCOc2ccccc2/C=C2/SC(=S)N(C)C2=O)c1. The predicted molar refractivity (Wildman–Crippen MR) is 119 cm³/mol. The van der Waals surface area contributed by atoms with Gasteiger partial charge in [0.25, 0.3) is 5.91 Å². The molecule has 0 atom stereocenters. The Bertz CT molecular complexity index is 903. The van der Waals surface area contributed by atoms with Gasteiger partial charge >= 0.3 is 0 Å². The van der Waals surface area contributed by atoms with E-state index in [1.54, 1.807) is 7.05 Å². The van der Waals surface area contributed by atoms with E-state index in [2.05, 4.69) is 19.9 Å². The van der Waals surface area contributed by atoms with E-state index < -0.39 is 0 Å². The molecule has 0 N–H and O–H groups in total. The molecule has 0 saturated carbocycles. The summed E-state index contributed by atoms with van der Waals surface area (Å²) >= 11 is 6.49. The van der Waals surface area contributed by atoms with E-state index in [0.29, 0.717) is 22.4 Å². The second-order valence-electron chi connectivity index (χ2n) is 6.65. The van der Waals surface area contributed by atoms with Gasteiger partial charge in [-0.15, -0.1) is 0 Å². The summed E-state index contributed by atoms with van der Waals surface area (Å²) in [7, 11) is 1.69. The van der Waals surface area contributed by atoms with E-state index in [4.69, 9.17) is 21.7 Å². The van der Waals surface area contributed by atoms with Crippen LogP contribution in [-0.4, -0.2) is 35.4 Å². The number of thiocarbonyl (C=S) groups is 1. The van der Waals surface area contributed by atoms with Crippen LogP contribution in [0.25, 0.3) is 6.08 Å². The van der Waals surface area contributed by atoms with Crippen molar-refractivity contribution in [1.82, 2.24) is 4.90 Å². The molecule has 1 amide bonds. The largest absolute Gasteiger partial charge is 0.493 e. The number of rotatable bonds is 7. The summed E-state index contributed by atoms with van der Waals surface area (Å²) in [5.74, 6) is 1.56. The number of nitrogens with zero attached hydrogens (tertiary/aromatic N) is 1. The van der Waals surface area contributed by atoms with Gasteiger partial charge in [0, 0.05) is 19.0 Å². The third-order valence-corrected chi connectivity index (χ3v) is 5.69. The molecule has 4 nitrogen and oxygen atoms in total. The first-order valence-corrected chi connectivity index (χ1v) is 10.3. The van der Waals surface area contributed by atoms with Gasteiger partial charge in [-0.2, -0.15) is 0 Å². The van der Waals surface area contributed by atoms with E-state index in [-0.39, 0.29) is 5.91 Å². The molecule has 0 bridgehead atoms. The molecule has 1 aliphatic rings. The van der Waals surface area contributed by atoms with E-state index in [0.717, 1.165) is 23.5 Å². The second-order valence-corrected chi connectivity index (χ2v) is 8.33. The van der Waals surface area contributed by atoms with E-state index in [9.17, 15) is 4.79 Å². The highest BCUT2D eigenvalue weighted by Crippen LogP contribution is 2.33. The van der Waals surface area contributed by atoms with Gasteiger partial charge in [-0.1, -0.05) is 48.2 Å². The van der Waals surface area contributed by atoms with Crippen molar-refractivity contribution in [1.29, 1.82) is 0 Å². The van der Waals surface area contributed by atoms with Gasteiger partial charge in [-0.05, 0) is 49.2 Å². The zero-order valence-electron chi connectivity index (χ0n) is 16.2. The molecule has 1 aliphatic heterocycles. The normalized spacial score (nSPS) is 15.4. The Morgan fingerprint density at radius 1 is 1.07 bits per heavy atom. The number of likely N-dealkylation sites (N-methyl/N-ethyl adjacent to an activating group) is 1. The third kappa shape index (κ3) is 5.14. The molecule has 6 heteroatoms. The fraction of sp³-hybridized carbons (Fsp3) is 0.273. The first-order valence-electron chi connectivity index (χ1n) is 9.08. The number of carbonyl (C=O) groups is 1. The van der Waals surface area contributed by atoms with Crippen LogP contribution in [-0.2, 0) is 4.79 Å². The Morgan fingerprint density at radius 2 is 1.75 bits per heavy atom. The van der Waals surface area contributed by atoms with E-state index >= 15 is 0 Å². The van der Waals surface area contributed by atoms with E-state index in [1.165, 1.54) is 27.8 Å². The minimum atomic E-state index is -0.0772. The van der Waals surface area contributed by atoms with Crippen LogP contribution in [0.3, 0.4) is 0 Å². The quantitative estimate of drug-likeness (QED) is 0.364. The van der Waals surface area contributed by atoms with Crippen molar-refractivity contribution in [2.45, 2.75) is 20.3 Å². The molecule has 1 heterocycles. The van der Waals surface area contributed by atoms with Crippen molar-refractivity contribution in [3.05, 3.63) is 64.1 Å². The zero-order valence-corrected chi connectivity index (χ0v) is 17.9. The molecule has 28 heavy (non-hydrogen) atoms. The highest BCUT2D eigenvalue weighted by molar-refractivity contribution is 8.26. The zero-order chi connectivity index (χ0) is 20.1. The molecule has 146 valence electrons. The van der Waals surface area contributed by atoms with E-state index in [1.807, 2.05) is 42.5 Å². The van der Waals surface area contributed by atoms with Crippen molar-refractivity contribution in [3.8, 4) is 11.5 Å². The molecule has 0 aromatic heterocycles. The summed E-state index contributed by atoms with van der Waals surface area (Å²) in [6.45, 7) is 5.24. The number of para-hydroxylation sites is 1. The maximum Gasteiger partial charge on any atom is 0.265 e. The fourth-order valence-corrected chi connectivity index (χ4v) is 4.04. The highest BCUT2D eigenvalue weighted by atomic mass is 32.2. The number of aryl methyl sites for hydroxylation is 2. The average molecular weight is 414 g/mol. The second kappa shape index (κ2) is 9.26. The summed E-state index contributed by atoms with van der Waals surface area (Å²) < 4.78 is 12.3. The van der Waals surface area contributed by atoms with Gasteiger partial charge in [-0.3, -0.25) is 9.69 Å². The number of amides is 1. The summed E-state index contributed by atoms with van der Waals surface area (Å²) in [6.07, 6.45) is 2.60. The molecule has 0 aliphatic carbocycles. The average Bonchev–Trinajstić information content (AvgIpc) is 2.89. The standard InChI is InChI=1S/C22H23NO3S2/c1-15-11-16(2)13-18(12-15)25-9-6-10-26-19-8-5-4-7-17(19)14-20-21(24)23(3)22(27)28-20/h4-5,7-8,11-14H,6,9-10H2,1-3H3/b20-14+. The number of benzene rings is 2.